The summed E-state index contributed by atoms with van der Waals surface area (Å²) in [6.07, 6.45) is 12.0. The first kappa shape index (κ1) is 18.6. The van der Waals surface area contributed by atoms with Crippen LogP contribution in [0.4, 0.5) is 5.82 Å². The van der Waals surface area contributed by atoms with Crippen molar-refractivity contribution < 1.29 is 0 Å². The van der Waals surface area contributed by atoms with Gasteiger partial charge in [0.25, 0.3) is 0 Å². The summed E-state index contributed by atoms with van der Waals surface area (Å²) in [6, 6.07) is 8.48. The van der Waals surface area contributed by atoms with E-state index < -0.39 is 0 Å². The number of imidazole rings is 1. The van der Waals surface area contributed by atoms with Gasteiger partial charge in [-0.2, -0.15) is 0 Å². The van der Waals surface area contributed by atoms with Gasteiger partial charge in [-0.25, -0.2) is 9.97 Å². The monoisotopic (exact) mass is 376 g/mol. The van der Waals surface area contributed by atoms with Gasteiger partial charge in [0, 0.05) is 63.1 Å². The molecule has 1 aliphatic heterocycles. The van der Waals surface area contributed by atoms with Crippen LogP contribution in [0.25, 0.3) is 0 Å². The molecule has 146 valence electrons. The Morgan fingerprint density at radius 1 is 1.04 bits per heavy atom. The fourth-order valence-electron chi connectivity index (χ4n) is 3.96. The molecule has 3 aromatic heterocycles. The van der Waals surface area contributed by atoms with Crippen molar-refractivity contribution in [2.75, 3.05) is 32.1 Å². The van der Waals surface area contributed by atoms with Gasteiger partial charge in [-0.15, -0.1) is 0 Å². The number of nitrogens with zero attached hydrogens (tertiary/aromatic N) is 6. The van der Waals surface area contributed by atoms with Gasteiger partial charge >= 0.3 is 0 Å². The van der Waals surface area contributed by atoms with Crippen LogP contribution < -0.4 is 4.90 Å². The lowest BCUT2D eigenvalue weighted by atomic mass is 9.97. The molecule has 0 bridgehead atoms. The quantitative estimate of drug-likeness (QED) is 0.661. The molecular weight excluding hydrogens is 348 g/mol. The number of anilines is 1. The molecule has 0 radical (unpaired) electrons. The van der Waals surface area contributed by atoms with E-state index in [1.165, 1.54) is 23.4 Å². The van der Waals surface area contributed by atoms with Gasteiger partial charge in [-0.1, -0.05) is 6.07 Å². The van der Waals surface area contributed by atoms with Crippen LogP contribution >= 0.6 is 0 Å². The Kier molecular flexibility index (Phi) is 5.67. The van der Waals surface area contributed by atoms with Crippen LogP contribution in [0.15, 0.2) is 55.2 Å². The average Bonchev–Trinajstić information content (AvgIpc) is 3.17. The van der Waals surface area contributed by atoms with E-state index in [-0.39, 0.29) is 0 Å². The molecule has 0 spiro atoms. The molecule has 4 heterocycles. The smallest absolute Gasteiger partial charge is 0.128 e. The van der Waals surface area contributed by atoms with Crippen molar-refractivity contribution in [1.29, 1.82) is 0 Å². The van der Waals surface area contributed by atoms with E-state index in [0.29, 0.717) is 5.92 Å². The summed E-state index contributed by atoms with van der Waals surface area (Å²) in [4.78, 5) is 18.1. The zero-order chi connectivity index (χ0) is 19.3. The van der Waals surface area contributed by atoms with Crippen molar-refractivity contribution in [1.82, 2.24) is 24.4 Å². The summed E-state index contributed by atoms with van der Waals surface area (Å²) in [6.45, 7) is 3.78. The van der Waals surface area contributed by atoms with Crippen LogP contribution in [0, 0.1) is 0 Å². The van der Waals surface area contributed by atoms with Crippen molar-refractivity contribution in [3.63, 3.8) is 0 Å². The molecule has 1 saturated heterocycles. The summed E-state index contributed by atoms with van der Waals surface area (Å²) in [7, 11) is 4.16. The van der Waals surface area contributed by atoms with Gasteiger partial charge in [0.1, 0.15) is 11.6 Å². The lowest BCUT2D eigenvalue weighted by Crippen LogP contribution is -2.36. The molecule has 0 aliphatic carbocycles. The largest absolute Gasteiger partial charge is 0.356 e. The van der Waals surface area contributed by atoms with Crippen LogP contribution in [-0.4, -0.2) is 51.6 Å². The number of piperidine rings is 1. The first-order valence-electron chi connectivity index (χ1n) is 9.93. The van der Waals surface area contributed by atoms with E-state index in [9.17, 15) is 0 Å². The number of hydrogen-bond acceptors (Lipinski definition) is 5. The van der Waals surface area contributed by atoms with Crippen molar-refractivity contribution in [3.8, 4) is 0 Å². The van der Waals surface area contributed by atoms with Crippen LogP contribution in [-0.2, 0) is 13.1 Å². The molecule has 6 nitrogen and oxygen atoms in total. The molecule has 0 amide bonds. The predicted octanol–water partition coefficient (Wildman–Crippen LogP) is 3.17. The molecule has 1 fully saturated rings. The molecule has 3 aromatic rings. The van der Waals surface area contributed by atoms with Crippen LogP contribution in [0.3, 0.4) is 0 Å². The molecule has 1 aliphatic rings. The SMILES string of the molecule is CN(C)Cc1ccc(N2CCC[C@H](c3nccn3Cc3ccncc3)C2)nc1. The number of pyridine rings is 2. The molecule has 0 unspecified atom stereocenters. The first-order valence-corrected chi connectivity index (χ1v) is 9.93. The van der Waals surface area contributed by atoms with E-state index >= 15 is 0 Å². The predicted molar refractivity (Wildman–Crippen MR) is 111 cm³/mol. The van der Waals surface area contributed by atoms with Crippen molar-refractivity contribution in [3.05, 3.63) is 72.2 Å². The number of rotatable bonds is 6. The maximum Gasteiger partial charge on any atom is 0.128 e. The molecule has 6 heteroatoms. The topological polar surface area (TPSA) is 50.1 Å². The van der Waals surface area contributed by atoms with Gasteiger partial charge in [-0.05, 0) is 56.3 Å². The van der Waals surface area contributed by atoms with Crippen LogP contribution in [0.5, 0.6) is 0 Å². The Bertz CT molecular complexity index is 872. The Balaban J connectivity index is 1.46. The normalized spacial score (nSPS) is 17.2. The Morgan fingerprint density at radius 3 is 2.64 bits per heavy atom. The number of aromatic nitrogens is 4. The summed E-state index contributed by atoms with van der Waals surface area (Å²) in [5.74, 6) is 2.67. The minimum absolute atomic E-state index is 0.425. The minimum atomic E-state index is 0.425. The first-order chi connectivity index (χ1) is 13.7. The van der Waals surface area contributed by atoms with Gasteiger partial charge in [0.05, 0.1) is 0 Å². The third kappa shape index (κ3) is 4.39. The van der Waals surface area contributed by atoms with Crippen LogP contribution in [0.2, 0.25) is 0 Å². The fraction of sp³-hybridized carbons (Fsp3) is 0.409. The molecule has 1 atom stereocenters. The van der Waals surface area contributed by atoms with Crippen molar-refractivity contribution in [2.24, 2.45) is 0 Å². The second kappa shape index (κ2) is 8.52. The maximum atomic E-state index is 4.73. The van der Waals surface area contributed by atoms with E-state index in [0.717, 1.165) is 38.4 Å². The Morgan fingerprint density at radius 2 is 1.89 bits per heavy atom. The highest BCUT2D eigenvalue weighted by Crippen LogP contribution is 2.28. The molecule has 0 aromatic carbocycles. The highest BCUT2D eigenvalue weighted by molar-refractivity contribution is 5.40. The van der Waals surface area contributed by atoms with E-state index in [1.54, 1.807) is 0 Å². The molecule has 4 rings (SSSR count). The van der Waals surface area contributed by atoms with Crippen molar-refractivity contribution in [2.45, 2.75) is 31.8 Å². The molecule has 28 heavy (non-hydrogen) atoms. The second-order valence-corrected chi connectivity index (χ2v) is 7.82. The summed E-state index contributed by atoms with van der Waals surface area (Å²) in [5, 5.41) is 0. The standard InChI is InChI=1S/C22H28N6/c1-26(2)15-19-5-6-21(25-14-19)27-12-3-4-20(17-27)22-24-11-13-28(22)16-18-7-9-23-10-8-18/h5-11,13-14,20H,3-4,12,15-17H2,1-2H3/t20-/m0/s1. The van der Waals surface area contributed by atoms with Gasteiger partial charge < -0.3 is 14.4 Å². The highest BCUT2D eigenvalue weighted by Gasteiger charge is 2.25. The van der Waals surface area contributed by atoms with Gasteiger partial charge in [0.2, 0.25) is 0 Å². The molecule has 0 N–H and O–H groups in total. The average molecular weight is 377 g/mol. The van der Waals surface area contributed by atoms with Crippen molar-refractivity contribution >= 4 is 5.82 Å². The van der Waals surface area contributed by atoms with Crippen LogP contribution in [0.1, 0.15) is 35.7 Å². The zero-order valence-corrected chi connectivity index (χ0v) is 16.7. The summed E-state index contributed by atoms with van der Waals surface area (Å²) < 4.78 is 2.27. The lowest BCUT2D eigenvalue weighted by Gasteiger charge is -2.33. The molecular formula is C22H28N6. The van der Waals surface area contributed by atoms with Gasteiger partial charge in [-0.3, -0.25) is 4.98 Å². The summed E-state index contributed by atoms with van der Waals surface area (Å²) in [5.41, 5.74) is 2.50. The highest BCUT2D eigenvalue weighted by atomic mass is 15.2. The van der Waals surface area contributed by atoms with Gasteiger partial charge in [0.15, 0.2) is 0 Å². The third-order valence-corrected chi connectivity index (χ3v) is 5.27. The second-order valence-electron chi connectivity index (χ2n) is 7.82. The fourth-order valence-corrected chi connectivity index (χ4v) is 3.96. The Labute approximate surface area is 166 Å². The third-order valence-electron chi connectivity index (χ3n) is 5.27. The molecule has 0 saturated carbocycles. The summed E-state index contributed by atoms with van der Waals surface area (Å²) >= 11 is 0. The lowest BCUT2D eigenvalue weighted by molar-refractivity contribution is 0.402. The van der Waals surface area contributed by atoms with E-state index in [4.69, 9.17) is 9.97 Å². The Hall–Kier alpha value is -2.73. The van der Waals surface area contributed by atoms with E-state index in [2.05, 4.69) is 63.9 Å². The number of hydrogen-bond donors (Lipinski definition) is 0. The zero-order valence-electron chi connectivity index (χ0n) is 16.7. The maximum absolute atomic E-state index is 4.73. The minimum Gasteiger partial charge on any atom is -0.356 e. The van der Waals surface area contributed by atoms with E-state index in [1.807, 2.05) is 24.8 Å².